The predicted molar refractivity (Wildman–Crippen MR) is 55.6 cm³/mol. The maximum atomic E-state index is 11.5. The van der Waals surface area contributed by atoms with Crippen molar-refractivity contribution in [3.63, 3.8) is 0 Å². The fraction of sp³-hybridized carbons (Fsp3) is 0.909. The van der Waals surface area contributed by atoms with Gasteiger partial charge in [0.1, 0.15) is 0 Å². The molecule has 0 radical (unpaired) electrons. The second-order valence-corrected chi connectivity index (χ2v) is 4.88. The first-order chi connectivity index (χ1) is 7.11. The third-order valence-corrected chi connectivity index (χ3v) is 4.19. The Balaban J connectivity index is 2.28. The summed E-state index contributed by atoms with van der Waals surface area (Å²) in [5, 5.41) is 23.1. The zero-order valence-electron chi connectivity index (χ0n) is 8.96. The fourth-order valence-corrected chi connectivity index (χ4v) is 3.17. The van der Waals surface area contributed by atoms with E-state index in [1.54, 1.807) is 0 Å². The summed E-state index contributed by atoms with van der Waals surface area (Å²) >= 11 is 0. The van der Waals surface area contributed by atoms with Crippen molar-refractivity contribution in [2.75, 3.05) is 13.1 Å². The second kappa shape index (κ2) is 3.76. The molecule has 1 saturated heterocycles. The number of piperidine rings is 1. The minimum atomic E-state index is -0.957. The summed E-state index contributed by atoms with van der Waals surface area (Å²) in [5.41, 5.74) is -1.85. The molecule has 1 heterocycles. The maximum Gasteiger partial charge on any atom is 0.312 e. The van der Waals surface area contributed by atoms with E-state index in [9.17, 15) is 15.0 Å². The van der Waals surface area contributed by atoms with Crippen LogP contribution in [-0.2, 0) is 4.79 Å². The molecule has 0 aromatic rings. The van der Waals surface area contributed by atoms with Crippen LogP contribution in [0.5, 0.6) is 0 Å². The predicted octanol–water partition coefficient (Wildman–Crippen LogP) is 0.746. The summed E-state index contributed by atoms with van der Waals surface area (Å²) in [6, 6.07) is 0. The van der Waals surface area contributed by atoms with E-state index in [4.69, 9.17) is 0 Å². The average molecular weight is 213 g/mol. The highest BCUT2D eigenvalue weighted by molar-refractivity contribution is 5.76. The number of hydrogen-bond acceptors (Lipinski definition) is 3. The summed E-state index contributed by atoms with van der Waals surface area (Å²) in [6.07, 6.45) is 4.33. The summed E-state index contributed by atoms with van der Waals surface area (Å²) in [7, 11) is 0. The molecule has 0 aromatic carbocycles. The lowest BCUT2D eigenvalue weighted by molar-refractivity contribution is -0.173. The Bertz CT molecular complexity index is 253. The monoisotopic (exact) mass is 213 g/mol. The van der Waals surface area contributed by atoms with E-state index in [0.717, 1.165) is 12.8 Å². The Labute approximate surface area is 89.7 Å². The Kier molecular flexibility index (Phi) is 2.73. The van der Waals surface area contributed by atoms with Gasteiger partial charge < -0.3 is 15.5 Å². The number of carbonyl (C=O) groups is 1. The second-order valence-electron chi connectivity index (χ2n) is 4.88. The molecule has 1 aliphatic carbocycles. The molecule has 0 unspecified atom stereocenters. The lowest BCUT2D eigenvalue weighted by Crippen LogP contribution is -2.56. The lowest BCUT2D eigenvalue weighted by Gasteiger charge is -2.44. The Hall–Kier alpha value is -0.610. The zero-order valence-corrected chi connectivity index (χ0v) is 8.96. The summed E-state index contributed by atoms with van der Waals surface area (Å²) in [4.78, 5) is 11.5. The quantitative estimate of drug-likeness (QED) is 0.633. The Morgan fingerprint density at radius 2 is 1.60 bits per heavy atom. The van der Waals surface area contributed by atoms with Crippen LogP contribution < -0.4 is 5.32 Å². The number of nitrogens with one attached hydrogen (secondary N) is 1. The van der Waals surface area contributed by atoms with E-state index in [0.29, 0.717) is 38.8 Å². The molecule has 0 amide bonds. The Morgan fingerprint density at radius 1 is 1.07 bits per heavy atom. The van der Waals surface area contributed by atoms with Crippen molar-refractivity contribution in [1.29, 1.82) is 0 Å². The summed E-state index contributed by atoms with van der Waals surface area (Å²) in [6.45, 7) is 1.41. The van der Waals surface area contributed by atoms with Gasteiger partial charge in [-0.05, 0) is 38.8 Å². The van der Waals surface area contributed by atoms with Crippen molar-refractivity contribution in [2.24, 2.45) is 5.41 Å². The molecule has 1 aliphatic heterocycles. The van der Waals surface area contributed by atoms with E-state index < -0.39 is 17.0 Å². The van der Waals surface area contributed by atoms with Crippen molar-refractivity contribution < 1.29 is 15.0 Å². The highest BCUT2D eigenvalue weighted by Gasteiger charge is 2.56. The molecule has 1 saturated carbocycles. The largest absolute Gasteiger partial charge is 0.481 e. The van der Waals surface area contributed by atoms with Gasteiger partial charge in [0.25, 0.3) is 0 Å². The van der Waals surface area contributed by atoms with Gasteiger partial charge in [0.05, 0.1) is 11.0 Å². The first-order valence-electron chi connectivity index (χ1n) is 5.77. The van der Waals surface area contributed by atoms with Crippen LogP contribution in [0.1, 0.15) is 38.5 Å². The van der Waals surface area contributed by atoms with Crippen molar-refractivity contribution in [3.05, 3.63) is 0 Å². The van der Waals surface area contributed by atoms with Gasteiger partial charge in [0.15, 0.2) is 0 Å². The number of carboxylic acids is 1. The van der Waals surface area contributed by atoms with Crippen LogP contribution in [0.15, 0.2) is 0 Å². The number of aliphatic hydroxyl groups is 1. The van der Waals surface area contributed by atoms with Crippen LogP contribution in [0.2, 0.25) is 0 Å². The summed E-state index contributed by atoms with van der Waals surface area (Å²) in [5.74, 6) is -0.812. The standard InChI is InChI=1S/C11H19NO3/c13-9(14)10(5-7-12-8-6-10)11(15)3-1-2-4-11/h12,15H,1-8H2,(H,13,14). The summed E-state index contributed by atoms with van der Waals surface area (Å²) < 4.78 is 0. The maximum absolute atomic E-state index is 11.5. The molecule has 86 valence electrons. The van der Waals surface area contributed by atoms with Gasteiger partial charge in [0.2, 0.25) is 0 Å². The molecular formula is C11H19NO3. The number of rotatable bonds is 2. The normalized spacial score (nSPS) is 28.9. The van der Waals surface area contributed by atoms with Crippen LogP contribution in [0.25, 0.3) is 0 Å². The van der Waals surface area contributed by atoms with E-state index >= 15 is 0 Å². The van der Waals surface area contributed by atoms with Crippen LogP contribution >= 0.6 is 0 Å². The lowest BCUT2D eigenvalue weighted by atomic mass is 9.65. The molecule has 15 heavy (non-hydrogen) atoms. The van der Waals surface area contributed by atoms with Gasteiger partial charge in [-0.2, -0.15) is 0 Å². The van der Waals surface area contributed by atoms with E-state index in [-0.39, 0.29) is 0 Å². The molecule has 0 atom stereocenters. The average Bonchev–Trinajstić information content (AvgIpc) is 2.67. The first-order valence-corrected chi connectivity index (χ1v) is 5.77. The highest BCUT2D eigenvalue weighted by atomic mass is 16.4. The van der Waals surface area contributed by atoms with Gasteiger partial charge in [-0.1, -0.05) is 12.8 Å². The molecule has 4 heteroatoms. The van der Waals surface area contributed by atoms with E-state index in [2.05, 4.69) is 5.32 Å². The van der Waals surface area contributed by atoms with Crippen molar-refractivity contribution in [2.45, 2.75) is 44.1 Å². The molecule has 0 aromatic heterocycles. The fourth-order valence-electron chi connectivity index (χ4n) is 3.17. The van der Waals surface area contributed by atoms with Crippen LogP contribution in [0.3, 0.4) is 0 Å². The molecule has 4 nitrogen and oxygen atoms in total. The van der Waals surface area contributed by atoms with Gasteiger partial charge in [0, 0.05) is 0 Å². The molecule has 2 rings (SSSR count). The third kappa shape index (κ3) is 1.56. The van der Waals surface area contributed by atoms with Crippen molar-refractivity contribution in [1.82, 2.24) is 5.32 Å². The van der Waals surface area contributed by atoms with Gasteiger partial charge >= 0.3 is 5.97 Å². The van der Waals surface area contributed by atoms with E-state index in [1.807, 2.05) is 0 Å². The molecule has 2 fully saturated rings. The third-order valence-electron chi connectivity index (χ3n) is 4.19. The van der Waals surface area contributed by atoms with Crippen LogP contribution in [0.4, 0.5) is 0 Å². The molecule has 2 aliphatic rings. The molecule has 0 bridgehead atoms. The van der Waals surface area contributed by atoms with Crippen molar-refractivity contribution >= 4 is 5.97 Å². The van der Waals surface area contributed by atoms with Gasteiger partial charge in [-0.25, -0.2) is 0 Å². The zero-order chi connectivity index (χ0) is 10.9. The topological polar surface area (TPSA) is 69.6 Å². The van der Waals surface area contributed by atoms with Crippen molar-refractivity contribution in [3.8, 4) is 0 Å². The molecular weight excluding hydrogens is 194 g/mol. The van der Waals surface area contributed by atoms with Gasteiger partial charge in [-0.3, -0.25) is 4.79 Å². The minimum Gasteiger partial charge on any atom is -0.481 e. The van der Waals surface area contributed by atoms with E-state index in [1.165, 1.54) is 0 Å². The Morgan fingerprint density at radius 3 is 2.07 bits per heavy atom. The SMILES string of the molecule is O=C(O)C1(C2(O)CCCC2)CCNCC1. The molecule has 3 N–H and O–H groups in total. The number of carboxylic acid groups (broad SMARTS) is 1. The first kappa shape index (κ1) is 10.9. The minimum absolute atomic E-state index is 0.554. The number of hydrogen-bond donors (Lipinski definition) is 3. The highest BCUT2D eigenvalue weighted by Crippen LogP contribution is 2.49. The van der Waals surface area contributed by atoms with Crippen LogP contribution in [0, 0.1) is 5.41 Å². The molecule has 0 spiro atoms. The van der Waals surface area contributed by atoms with Gasteiger partial charge in [-0.15, -0.1) is 0 Å². The smallest absolute Gasteiger partial charge is 0.312 e. The van der Waals surface area contributed by atoms with Crippen LogP contribution in [-0.4, -0.2) is 34.9 Å². The number of aliphatic carboxylic acids is 1.